The smallest absolute Gasteiger partial charge is 0.270 e. The number of para-hydroxylation sites is 1. The average Bonchev–Trinajstić information content (AvgIpc) is 3.46. The molecule has 3 aliphatic heterocycles. The van der Waals surface area contributed by atoms with Gasteiger partial charge in [0.25, 0.3) is 5.91 Å². The van der Waals surface area contributed by atoms with Crippen molar-refractivity contribution < 1.29 is 4.79 Å². The molecule has 1 spiro atoms. The van der Waals surface area contributed by atoms with Crippen LogP contribution in [0.3, 0.4) is 0 Å². The molecule has 3 aromatic rings. The minimum atomic E-state index is -0.137. The Kier molecular flexibility index (Phi) is 4.54. The van der Waals surface area contributed by atoms with Crippen LogP contribution in [0.4, 0.5) is 17.5 Å². The Morgan fingerprint density at radius 1 is 1.06 bits per heavy atom. The number of carbonyl (C=O) groups excluding carboxylic acids is 1. The largest absolute Gasteiger partial charge is 0.335 e. The summed E-state index contributed by atoms with van der Waals surface area (Å²) in [5.41, 5.74) is 6.47. The van der Waals surface area contributed by atoms with E-state index in [0.717, 1.165) is 23.4 Å². The number of rotatable bonds is 3. The van der Waals surface area contributed by atoms with E-state index in [9.17, 15) is 4.79 Å². The molecule has 7 rings (SSSR count). The molecule has 1 atom stereocenters. The summed E-state index contributed by atoms with van der Waals surface area (Å²) in [7, 11) is 2.16. The number of fused-ring (bicyclic) bond motifs is 5. The van der Waals surface area contributed by atoms with Crippen LogP contribution in [0.15, 0.2) is 53.7 Å². The van der Waals surface area contributed by atoms with E-state index in [1.165, 1.54) is 24.0 Å². The molecule has 2 aromatic carbocycles. The molecule has 1 fully saturated rings. The highest BCUT2D eigenvalue weighted by molar-refractivity contribution is 6.32. The van der Waals surface area contributed by atoms with Crippen LogP contribution >= 0.6 is 0 Å². The Morgan fingerprint density at radius 3 is 2.61 bits per heavy atom. The number of amides is 1. The van der Waals surface area contributed by atoms with Crippen molar-refractivity contribution in [1.82, 2.24) is 14.9 Å². The van der Waals surface area contributed by atoms with Gasteiger partial charge in [0.1, 0.15) is 11.7 Å². The molecule has 1 aliphatic carbocycles. The van der Waals surface area contributed by atoms with Gasteiger partial charge in [0, 0.05) is 24.7 Å². The molecule has 0 radical (unpaired) electrons. The van der Waals surface area contributed by atoms with Crippen molar-refractivity contribution in [2.75, 3.05) is 41.8 Å². The quantitative estimate of drug-likeness (QED) is 0.612. The second-order valence-corrected chi connectivity index (χ2v) is 10.5. The van der Waals surface area contributed by atoms with Gasteiger partial charge in [-0.15, -0.1) is 0 Å². The molecule has 1 aromatic heterocycles. The first-order valence-corrected chi connectivity index (χ1v) is 12.6. The summed E-state index contributed by atoms with van der Waals surface area (Å²) in [5, 5.41) is 3.57. The highest BCUT2D eigenvalue weighted by Gasteiger charge is 2.50. The van der Waals surface area contributed by atoms with Crippen molar-refractivity contribution in [1.29, 1.82) is 0 Å². The number of hydrogen-bond donors (Lipinski definition) is 1. The zero-order valence-corrected chi connectivity index (χ0v) is 20.8. The highest BCUT2D eigenvalue weighted by atomic mass is 16.2. The molecule has 36 heavy (non-hydrogen) atoms. The third-order valence-corrected chi connectivity index (χ3v) is 8.08. The number of guanidine groups is 1. The Balaban J connectivity index is 1.26. The molecular formula is C28H29N7O. The average molecular weight is 480 g/mol. The van der Waals surface area contributed by atoms with E-state index in [1.54, 1.807) is 11.1 Å². The molecular weight excluding hydrogens is 450 g/mol. The number of anilines is 3. The lowest BCUT2D eigenvalue weighted by Crippen LogP contribution is -2.51. The Labute approximate surface area is 210 Å². The van der Waals surface area contributed by atoms with Crippen molar-refractivity contribution in [3.8, 4) is 0 Å². The van der Waals surface area contributed by atoms with Crippen LogP contribution in [0.25, 0.3) is 0 Å². The van der Waals surface area contributed by atoms with E-state index in [4.69, 9.17) is 9.98 Å². The van der Waals surface area contributed by atoms with Gasteiger partial charge in [-0.1, -0.05) is 42.5 Å². The fraction of sp³-hybridized carbons (Fsp3) is 0.357. The van der Waals surface area contributed by atoms with E-state index in [0.29, 0.717) is 41.8 Å². The van der Waals surface area contributed by atoms with E-state index in [2.05, 4.69) is 46.5 Å². The lowest BCUT2D eigenvalue weighted by molar-refractivity contribution is 0.0999. The van der Waals surface area contributed by atoms with Crippen molar-refractivity contribution >= 4 is 29.3 Å². The summed E-state index contributed by atoms with van der Waals surface area (Å²) in [4.78, 5) is 34.1. The molecule has 182 valence electrons. The van der Waals surface area contributed by atoms with E-state index >= 15 is 0 Å². The number of nitrogens with zero attached hydrogens (tertiary/aromatic N) is 6. The van der Waals surface area contributed by atoms with Crippen LogP contribution in [-0.4, -0.2) is 53.4 Å². The number of aromatic nitrogens is 2. The van der Waals surface area contributed by atoms with E-state index < -0.39 is 0 Å². The van der Waals surface area contributed by atoms with Gasteiger partial charge in [0.15, 0.2) is 5.82 Å². The van der Waals surface area contributed by atoms with Crippen LogP contribution in [0.5, 0.6) is 0 Å². The predicted molar refractivity (Wildman–Crippen MR) is 141 cm³/mol. The highest BCUT2D eigenvalue weighted by Crippen LogP contribution is 2.54. The molecule has 1 saturated carbocycles. The summed E-state index contributed by atoms with van der Waals surface area (Å²) in [6.45, 7) is 6.37. The minimum Gasteiger partial charge on any atom is -0.335 e. The molecule has 0 bridgehead atoms. The molecule has 4 aliphatic rings. The summed E-state index contributed by atoms with van der Waals surface area (Å²) in [6, 6.07) is 14.8. The topological polar surface area (TPSA) is 77.0 Å². The predicted octanol–water partition coefficient (Wildman–Crippen LogP) is 4.02. The zero-order valence-electron chi connectivity index (χ0n) is 20.8. The van der Waals surface area contributed by atoms with E-state index in [-0.39, 0.29) is 12.1 Å². The SMILES string of the molecule is Cc1cccc(C)c1N1C(=O)c2cnc(NC3c4ccccc4C4(CC4)CN3C)nc2N2CCN=C21. The van der Waals surface area contributed by atoms with Gasteiger partial charge in [-0.3, -0.25) is 19.6 Å². The number of aryl methyl sites for hydroxylation is 2. The first-order valence-electron chi connectivity index (χ1n) is 12.6. The van der Waals surface area contributed by atoms with Gasteiger partial charge in [-0.05, 0) is 56.0 Å². The maximum atomic E-state index is 13.8. The standard InChI is InChI=1S/C28H29N7O/c1-17-7-6-8-18(2)22(17)35-25(36)20-15-30-26(32-24(20)34-14-13-29-27(34)35)31-23-19-9-4-5-10-21(19)28(11-12-28)16-33(23)3/h4-10,15,23H,11-14,16H2,1-3H3,(H,30,31,32). The number of aliphatic imine (C=N–C) groups is 1. The van der Waals surface area contributed by atoms with Crippen LogP contribution in [-0.2, 0) is 5.41 Å². The van der Waals surface area contributed by atoms with Gasteiger partial charge in [0.05, 0.1) is 12.2 Å². The van der Waals surface area contributed by atoms with Crippen LogP contribution < -0.4 is 15.1 Å². The number of nitrogens with one attached hydrogen (secondary N) is 1. The van der Waals surface area contributed by atoms with Gasteiger partial charge < -0.3 is 5.32 Å². The number of benzene rings is 2. The van der Waals surface area contributed by atoms with E-state index in [1.807, 2.05) is 36.9 Å². The molecule has 1 N–H and O–H groups in total. The normalized spacial score (nSPS) is 21.7. The fourth-order valence-electron chi connectivity index (χ4n) is 6.20. The van der Waals surface area contributed by atoms with Gasteiger partial charge in [-0.2, -0.15) is 4.98 Å². The summed E-state index contributed by atoms with van der Waals surface area (Å²) in [5.74, 6) is 1.65. The maximum absolute atomic E-state index is 13.8. The molecule has 4 heterocycles. The van der Waals surface area contributed by atoms with Gasteiger partial charge in [-0.25, -0.2) is 9.88 Å². The summed E-state index contributed by atoms with van der Waals surface area (Å²) < 4.78 is 0. The van der Waals surface area contributed by atoms with Crippen molar-refractivity contribution in [3.63, 3.8) is 0 Å². The first-order chi connectivity index (χ1) is 17.5. The minimum absolute atomic E-state index is 0.0254. The summed E-state index contributed by atoms with van der Waals surface area (Å²) >= 11 is 0. The molecule has 8 nitrogen and oxygen atoms in total. The Morgan fingerprint density at radius 2 is 1.83 bits per heavy atom. The van der Waals surface area contributed by atoms with Gasteiger partial charge in [0.2, 0.25) is 11.9 Å². The number of likely N-dealkylation sites (N-methyl/N-ethyl adjacent to an activating group) is 1. The molecule has 1 unspecified atom stereocenters. The third-order valence-electron chi connectivity index (χ3n) is 8.08. The van der Waals surface area contributed by atoms with Crippen molar-refractivity contribution in [2.24, 2.45) is 4.99 Å². The fourth-order valence-corrected chi connectivity index (χ4v) is 6.20. The second-order valence-electron chi connectivity index (χ2n) is 10.5. The third kappa shape index (κ3) is 3.03. The number of hydrogen-bond acceptors (Lipinski definition) is 7. The summed E-state index contributed by atoms with van der Waals surface area (Å²) in [6.07, 6.45) is 4.13. The Bertz CT molecular complexity index is 1420. The monoisotopic (exact) mass is 479 g/mol. The van der Waals surface area contributed by atoms with Crippen LogP contribution in [0.2, 0.25) is 0 Å². The van der Waals surface area contributed by atoms with Crippen LogP contribution in [0.1, 0.15) is 51.6 Å². The molecule has 8 heteroatoms. The Hall–Kier alpha value is -3.78. The first kappa shape index (κ1) is 21.5. The molecule has 0 saturated heterocycles. The second kappa shape index (κ2) is 7.61. The zero-order chi connectivity index (χ0) is 24.6. The number of carbonyl (C=O) groups is 1. The van der Waals surface area contributed by atoms with Crippen molar-refractivity contribution in [2.45, 2.75) is 38.3 Å². The van der Waals surface area contributed by atoms with Crippen LogP contribution in [0, 0.1) is 13.8 Å². The van der Waals surface area contributed by atoms with Gasteiger partial charge >= 0.3 is 0 Å². The molecule has 1 amide bonds. The maximum Gasteiger partial charge on any atom is 0.270 e. The van der Waals surface area contributed by atoms with Crippen molar-refractivity contribution in [3.05, 3.63) is 76.5 Å². The lowest BCUT2D eigenvalue weighted by atomic mass is 9.85. The lowest BCUT2D eigenvalue weighted by Gasteiger charge is -2.40.